The second-order valence-corrected chi connectivity index (χ2v) is 4.96. The summed E-state index contributed by atoms with van der Waals surface area (Å²) in [6.45, 7) is 1.68. The highest BCUT2D eigenvalue weighted by Gasteiger charge is 2.11. The van der Waals surface area contributed by atoms with E-state index in [4.69, 9.17) is 9.84 Å². The Morgan fingerprint density at radius 2 is 2.32 bits per heavy atom. The monoisotopic (exact) mass is 333 g/mol. The van der Waals surface area contributed by atoms with Gasteiger partial charge in [0.25, 0.3) is 5.91 Å². The molecule has 106 valence electrons. The fraction of sp³-hybridized carbons (Fsp3) is 0.462. The molecule has 19 heavy (non-hydrogen) atoms. The Morgan fingerprint density at radius 1 is 1.58 bits per heavy atom. The molecule has 0 saturated heterocycles. The van der Waals surface area contributed by atoms with Crippen LogP contribution in [0.2, 0.25) is 0 Å². The largest absolute Gasteiger partial charge is 0.481 e. The van der Waals surface area contributed by atoms with Gasteiger partial charge in [-0.3, -0.25) is 4.79 Å². The lowest BCUT2D eigenvalue weighted by molar-refractivity contribution is -0.123. The summed E-state index contributed by atoms with van der Waals surface area (Å²) in [5, 5.41) is 11.5. The molecule has 0 bridgehead atoms. The van der Waals surface area contributed by atoms with Crippen molar-refractivity contribution in [3.05, 3.63) is 28.5 Å². The molecule has 1 atom stereocenters. The van der Waals surface area contributed by atoms with E-state index < -0.39 is 5.82 Å². The normalized spacial score (nSPS) is 12.0. The second kappa shape index (κ2) is 8.12. The number of halogens is 2. The van der Waals surface area contributed by atoms with Crippen molar-refractivity contribution in [2.75, 3.05) is 13.2 Å². The zero-order valence-electron chi connectivity index (χ0n) is 10.7. The number of benzene rings is 1. The molecule has 0 aromatic heterocycles. The van der Waals surface area contributed by atoms with E-state index in [0.717, 1.165) is 6.42 Å². The Bertz CT molecular complexity index is 428. The van der Waals surface area contributed by atoms with E-state index >= 15 is 0 Å². The van der Waals surface area contributed by atoms with Crippen LogP contribution in [0.1, 0.15) is 19.8 Å². The first-order chi connectivity index (χ1) is 9.06. The minimum absolute atomic E-state index is 0.0149. The summed E-state index contributed by atoms with van der Waals surface area (Å²) in [6, 6.07) is 4.28. The molecule has 0 aliphatic rings. The maximum atomic E-state index is 13.4. The number of amides is 1. The first-order valence-corrected chi connectivity index (χ1v) is 6.84. The quantitative estimate of drug-likeness (QED) is 0.804. The minimum atomic E-state index is -0.524. The van der Waals surface area contributed by atoms with Gasteiger partial charge in [-0.05, 0) is 31.0 Å². The zero-order chi connectivity index (χ0) is 14.3. The highest BCUT2D eigenvalue weighted by atomic mass is 79.9. The Balaban J connectivity index is 2.45. The number of carbonyl (C=O) groups is 1. The SMILES string of the molecule is CCC(CCO)NC(=O)COc1ccc(Br)cc1F. The predicted octanol–water partition coefficient (Wildman–Crippen LogP) is 2.24. The van der Waals surface area contributed by atoms with E-state index in [2.05, 4.69) is 21.2 Å². The molecule has 1 aromatic carbocycles. The van der Waals surface area contributed by atoms with Crippen LogP contribution < -0.4 is 10.1 Å². The summed E-state index contributed by atoms with van der Waals surface area (Å²) in [5.74, 6) is -0.819. The molecule has 1 aromatic rings. The van der Waals surface area contributed by atoms with Crippen LogP contribution in [0.5, 0.6) is 5.75 Å². The van der Waals surface area contributed by atoms with Gasteiger partial charge >= 0.3 is 0 Å². The maximum Gasteiger partial charge on any atom is 0.258 e. The predicted molar refractivity (Wildman–Crippen MR) is 73.5 cm³/mol. The summed E-state index contributed by atoms with van der Waals surface area (Å²) >= 11 is 3.14. The molecule has 2 N–H and O–H groups in total. The van der Waals surface area contributed by atoms with Crippen LogP contribution in [0.4, 0.5) is 4.39 Å². The molecular formula is C13H17BrFNO3. The van der Waals surface area contributed by atoms with Gasteiger partial charge in [0.1, 0.15) is 0 Å². The molecule has 0 saturated carbocycles. The van der Waals surface area contributed by atoms with E-state index in [1.807, 2.05) is 6.92 Å². The van der Waals surface area contributed by atoms with Gasteiger partial charge in [0.2, 0.25) is 0 Å². The molecule has 1 amide bonds. The number of carbonyl (C=O) groups excluding carboxylic acids is 1. The summed E-state index contributed by atoms with van der Waals surface area (Å²) in [5.41, 5.74) is 0. The average molecular weight is 334 g/mol. The van der Waals surface area contributed by atoms with Gasteiger partial charge < -0.3 is 15.2 Å². The number of ether oxygens (including phenoxy) is 1. The molecular weight excluding hydrogens is 317 g/mol. The van der Waals surface area contributed by atoms with Crippen LogP contribution >= 0.6 is 15.9 Å². The van der Waals surface area contributed by atoms with Crippen molar-refractivity contribution in [3.63, 3.8) is 0 Å². The molecule has 0 aliphatic carbocycles. The van der Waals surface area contributed by atoms with Crippen molar-refractivity contribution < 1.29 is 19.0 Å². The van der Waals surface area contributed by atoms with Crippen LogP contribution in [0.3, 0.4) is 0 Å². The van der Waals surface area contributed by atoms with Crippen molar-refractivity contribution in [2.24, 2.45) is 0 Å². The van der Waals surface area contributed by atoms with Gasteiger partial charge in [-0.2, -0.15) is 0 Å². The minimum Gasteiger partial charge on any atom is -0.481 e. The Hall–Kier alpha value is -1.14. The number of aliphatic hydroxyl groups is 1. The molecule has 1 rings (SSSR count). The van der Waals surface area contributed by atoms with Gasteiger partial charge in [-0.15, -0.1) is 0 Å². The highest BCUT2D eigenvalue weighted by molar-refractivity contribution is 9.10. The van der Waals surface area contributed by atoms with E-state index in [9.17, 15) is 9.18 Å². The first-order valence-electron chi connectivity index (χ1n) is 6.04. The second-order valence-electron chi connectivity index (χ2n) is 4.05. The molecule has 0 aliphatic heterocycles. The Morgan fingerprint density at radius 3 is 2.89 bits per heavy atom. The average Bonchev–Trinajstić information content (AvgIpc) is 2.37. The molecule has 0 heterocycles. The number of nitrogens with one attached hydrogen (secondary N) is 1. The first kappa shape index (κ1) is 15.9. The molecule has 6 heteroatoms. The van der Waals surface area contributed by atoms with E-state index in [1.165, 1.54) is 12.1 Å². The molecule has 0 radical (unpaired) electrons. The summed E-state index contributed by atoms with van der Waals surface area (Å²) in [7, 11) is 0. The fourth-order valence-electron chi connectivity index (χ4n) is 1.54. The van der Waals surface area contributed by atoms with Crippen molar-refractivity contribution in [3.8, 4) is 5.75 Å². The molecule has 0 spiro atoms. The van der Waals surface area contributed by atoms with Gasteiger partial charge in [0.05, 0.1) is 0 Å². The summed E-state index contributed by atoms with van der Waals surface area (Å²) in [6.07, 6.45) is 1.22. The number of aliphatic hydroxyl groups excluding tert-OH is 1. The van der Waals surface area contributed by atoms with E-state index in [0.29, 0.717) is 10.9 Å². The van der Waals surface area contributed by atoms with Crippen molar-refractivity contribution >= 4 is 21.8 Å². The Kier molecular flexibility index (Phi) is 6.80. The van der Waals surface area contributed by atoms with Crippen LogP contribution in [-0.2, 0) is 4.79 Å². The summed E-state index contributed by atoms with van der Waals surface area (Å²) < 4.78 is 19.1. The van der Waals surface area contributed by atoms with Gasteiger partial charge in [-0.1, -0.05) is 22.9 Å². The standard InChI is InChI=1S/C13H17BrFNO3/c1-2-10(5-6-17)16-13(18)8-19-12-4-3-9(14)7-11(12)15/h3-4,7,10,17H,2,5-6,8H2,1H3,(H,16,18). The number of hydrogen-bond acceptors (Lipinski definition) is 3. The van der Waals surface area contributed by atoms with E-state index in [-0.39, 0.29) is 30.9 Å². The van der Waals surface area contributed by atoms with Crippen molar-refractivity contribution in [2.45, 2.75) is 25.8 Å². The zero-order valence-corrected chi connectivity index (χ0v) is 12.2. The van der Waals surface area contributed by atoms with Crippen molar-refractivity contribution in [1.82, 2.24) is 5.32 Å². The smallest absolute Gasteiger partial charge is 0.258 e. The maximum absolute atomic E-state index is 13.4. The topological polar surface area (TPSA) is 58.6 Å². The lowest BCUT2D eigenvalue weighted by Crippen LogP contribution is -2.38. The molecule has 4 nitrogen and oxygen atoms in total. The third-order valence-electron chi connectivity index (χ3n) is 2.59. The Labute approximate surface area is 120 Å². The van der Waals surface area contributed by atoms with Crippen LogP contribution in [0, 0.1) is 5.82 Å². The van der Waals surface area contributed by atoms with Crippen LogP contribution in [0.15, 0.2) is 22.7 Å². The third-order valence-corrected chi connectivity index (χ3v) is 3.08. The van der Waals surface area contributed by atoms with Crippen LogP contribution in [0.25, 0.3) is 0 Å². The molecule has 0 fully saturated rings. The number of rotatable bonds is 7. The van der Waals surface area contributed by atoms with Gasteiger partial charge in [0.15, 0.2) is 18.2 Å². The van der Waals surface area contributed by atoms with Gasteiger partial charge in [-0.25, -0.2) is 4.39 Å². The van der Waals surface area contributed by atoms with Gasteiger partial charge in [0, 0.05) is 17.1 Å². The fourth-order valence-corrected chi connectivity index (χ4v) is 1.87. The van der Waals surface area contributed by atoms with E-state index in [1.54, 1.807) is 6.07 Å². The highest BCUT2D eigenvalue weighted by Crippen LogP contribution is 2.21. The third kappa shape index (κ3) is 5.57. The lowest BCUT2D eigenvalue weighted by atomic mass is 10.1. The van der Waals surface area contributed by atoms with Crippen LogP contribution in [-0.4, -0.2) is 30.3 Å². The van der Waals surface area contributed by atoms with Crippen molar-refractivity contribution in [1.29, 1.82) is 0 Å². The lowest BCUT2D eigenvalue weighted by Gasteiger charge is -2.16. The molecule has 1 unspecified atom stereocenters. The summed E-state index contributed by atoms with van der Waals surface area (Å²) in [4.78, 5) is 11.6. The number of hydrogen-bond donors (Lipinski definition) is 2.